The zero-order chi connectivity index (χ0) is 18.0. The third kappa shape index (κ3) is 3.88. The average molecular weight is 377 g/mol. The number of nitro benzene ring substituents is 1. The number of piperazine rings is 1. The summed E-state index contributed by atoms with van der Waals surface area (Å²) >= 11 is 0. The van der Waals surface area contributed by atoms with E-state index in [1.807, 2.05) is 17.9 Å². The van der Waals surface area contributed by atoms with E-state index in [-0.39, 0.29) is 28.9 Å². The molecule has 0 radical (unpaired) electrons. The van der Waals surface area contributed by atoms with Gasteiger partial charge in [0.15, 0.2) is 0 Å². The standard InChI is InChI=1S/C18H20N4O3.ClH/c1-13-6-7-14(19)12-15(13)18(23)21-10-8-20(9-11-21)16-4-2-3-5-17(16)22(24)25;/h2-7,12H,8-11,19H2,1H3;1H. The second kappa shape index (κ2) is 8.05. The van der Waals surface area contributed by atoms with E-state index in [1.54, 1.807) is 35.2 Å². The summed E-state index contributed by atoms with van der Waals surface area (Å²) in [5.74, 6) is -0.0491. The minimum Gasteiger partial charge on any atom is -0.399 e. The van der Waals surface area contributed by atoms with Crippen LogP contribution in [0.4, 0.5) is 17.1 Å². The second-order valence-electron chi connectivity index (χ2n) is 6.10. The first-order chi connectivity index (χ1) is 12.0. The fourth-order valence-electron chi connectivity index (χ4n) is 3.08. The number of para-hydroxylation sites is 2. The maximum absolute atomic E-state index is 12.7. The Morgan fingerprint density at radius 2 is 1.77 bits per heavy atom. The quantitative estimate of drug-likeness (QED) is 0.505. The maximum Gasteiger partial charge on any atom is 0.292 e. The molecule has 1 aliphatic rings. The highest BCUT2D eigenvalue weighted by atomic mass is 35.5. The molecule has 8 heteroatoms. The Hall–Kier alpha value is -2.80. The molecule has 0 aromatic heterocycles. The summed E-state index contributed by atoms with van der Waals surface area (Å²) in [6, 6.07) is 12.0. The predicted molar refractivity (Wildman–Crippen MR) is 104 cm³/mol. The van der Waals surface area contributed by atoms with Crippen LogP contribution in [0.5, 0.6) is 0 Å². The third-order valence-electron chi connectivity index (χ3n) is 4.48. The van der Waals surface area contributed by atoms with Crippen molar-refractivity contribution in [1.29, 1.82) is 0 Å². The lowest BCUT2D eigenvalue weighted by Crippen LogP contribution is -2.49. The average Bonchev–Trinajstić information content (AvgIpc) is 2.63. The monoisotopic (exact) mass is 376 g/mol. The molecule has 0 atom stereocenters. The van der Waals surface area contributed by atoms with Gasteiger partial charge in [-0.3, -0.25) is 14.9 Å². The van der Waals surface area contributed by atoms with E-state index in [0.717, 1.165) is 5.56 Å². The normalized spacial score (nSPS) is 13.9. The van der Waals surface area contributed by atoms with Crippen LogP contribution < -0.4 is 10.6 Å². The lowest BCUT2D eigenvalue weighted by atomic mass is 10.1. The van der Waals surface area contributed by atoms with Gasteiger partial charge in [0.05, 0.1) is 4.92 Å². The molecule has 1 amide bonds. The van der Waals surface area contributed by atoms with Crippen molar-refractivity contribution in [3.63, 3.8) is 0 Å². The molecular weight excluding hydrogens is 356 g/mol. The van der Waals surface area contributed by atoms with Gasteiger partial charge in [-0.05, 0) is 30.7 Å². The number of amides is 1. The summed E-state index contributed by atoms with van der Waals surface area (Å²) in [4.78, 5) is 27.3. The van der Waals surface area contributed by atoms with Crippen molar-refractivity contribution in [1.82, 2.24) is 4.90 Å². The number of nitro groups is 1. The van der Waals surface area contributed by atoms with E-state index in [9.17, 15) is 14.9 Å². The minimum absolute atomic E-state index is 0. The number of anilines is 2. The molecule has 1 aliphatic heterocycles. The van der Waals surface area contributed by atoms with Crippen LogP contribution in [0.15, 0.2) is 42.5 Å². The summed E-state index contributed by atoms with van der Waals surface area (Å²) in [7, 11) is 0. The van der Waals surface area contributed by atoms with Crippen molar-refractivity contribution in [2.75, 3.05) is 36.8 Å². The first-order valence-corrected chi connectivity index (χ1v) is 8.11. The number of nitrogen functional groups attached to an aromatic ring is 1. The molecule has 2 aromatic carbocycles. The molecule has 0 spiro atoms. The van der Waals surface area contributed by atoms with E-state index >= 15 is 0 Å². The van der Waals surface area contributed by atoms with Crippen LogP contribution in [0, 0.1) is 17.0 Å². The molecule has 2 aromatic rings. The Morgan fingerprint density at radius 3 is 2.42 bits per heavy atom. The Bertz CT molecular complexity index is 820. The Morgan fingerprint density at radius 1 is 1.12 bits per heavy atom. The topological polar surface area (TPSA) is 92.7 Å². The number of nitrogens with zero attached hydrogens (tertiary/aromatic N) is 3. The number of carbonyl (C=O) groups is 1. The largest absolute Gasteiger partial charge is 0.399 e. The molecule has 138 valence electrons. The zero-order valence-electron chi connectivity index (χ0n) is 14.4. The van der Waals surface area contributed by atoms with E-state index < -0.39 is 0 Å². The van der Waals surface area contributed by atoms with Crippen molar-refractivity contribution in [2.45, 2.75) is 6.92 Å². The number of nitrogens with two attached hydrogens (primary N) is 1. The molecule has 0 unspecified atom stereocenters. The SMILES string of the molecule is Cc1ccc(N)cc1C(=O)N1CCN(c2ccccc2[N+](=O)[O-])CC1.Cl. The molecule has 1 saturated heterocycles. The van der Waals surface area contributed by atoms with Gasteiger partial charge < -0.3 is 15.5 Å². The Kier molecular flexibility index (Phi) is 6.05. The van der Waals surface area contributed by atoms with Gasteiger partial charge in [0, 0.05) is 43.5 Å². The summed E-state index contributed by atoms with van der Waals surface area (Å²) in [6.07, 6.45) is 0. The smallest absolute Gasteiger partial charge is 0.292 e. The predicted octanol–water partition coefficient (Wildman–Crippen LogP) is 2.87. The third-order valence-corrected chi connectivity index (χ3v) is 4.48. The fourth-order valence-corrected chi connectivity index (χ4v) is 3.08. The van der Waals surface area contributed by atoms with Crippen LogP contribution in [0.3, 0.4) is 0 Å². The highest BCUT2D eigenvalue weighted by Gasteiger charge is 2.26. The number of benzene rings is 2. The van der Waals surface area contributed by atoms with Gasteiger partial charge in [-0.25, -0.2) is 0 Å². The van der Waals surface area contributed by atoms with E-state index in [0.29, 0.717) is 43.1 Å². The van der Waals surface area contributed by atoms with Crippen LogP contribution in [0.1, 0.15) is 15.9 Å². The molecular formula is C18H21ClN4O3. The number of rotatable bonds is 3. The molecule has 7 nitrogen and oxygen atoms in total. The summed E-state index contributed by atoms with van der Waals surface area (Å²) in [6.45, 7) is 4.02. The highest BCUT2D eigenvalue weighted by molar-refractivity contribution is 5.96. The number of carbonyl (C=O) groups excluding carboxylic acids is 1. The first-order valence-electron chi connectivity index (χ1n) is 8.11. The van der Waals surface area contributed by atoms with E-state index in [1.165, 1.54) is 6.07 Å². The van der Waals surface area contributed by atoms with Gasteiger partial charge in [-0.1, -0.05) is 18.2 Å². The lowest BCUT2D eigenvalue weighted by molar-refractivity contribution is -0.384. The Labute approximate surface area is 157 Å². The number of hydrogen-bond acceptors (Lipinski definition) is 5. The van der Waals surface area contributed by atoms with Crippen LogP contribution >= 0.6 is 12.4 Å². The number of aryl methyl sites for hydroxylation is 1. The van der Waals surface area contributed by atoms with Crippen molar-refractivity contribution in [3.05, 3.63) is 63.7 Å². The molecule has 26 heavy (non-hydrogen) atoms. The van der Waals surface area contributed by atoms with Gasteiger partial charge >= 0.3 is 0 Å². The lowest BCUT2D eigenvalue weighted by Gasteiger charge is -2.36. The number of hydrogen-bond donors (Lipinski definition) is 1. The summed E-state index contributed by atoms with van der Waals surface area (Å²) < 4.78 is 0. The summed E-state index contributed by atoms with van der Waals surface area (Å²) in [5.41, 5.74) is 8.55. The molecule has 0 aliphatic carbocycles. The molecule has 3 rings (SSSR count). The Balaban J connectivity index is 0.00000243. The van der Waals surface area contributed by atoms with Gasteiger partial charge in [-0.15, -0.1) is 12.4 Å². The van der Waals surface area contributed by atoms with Crippen molar-refractivity contribution in [3.8, 4) is 0 Å². The van der Waals surface area contributed by atoms with E-state index in [2.05, 4.69) is 0 Å². The van der Waals surface area contributed by atoms with Crippen LogP contribution in [-0.4, -0.2) is 41.9 Å². The molecule has 1 heterocycles. The van der Waals surface area contributed by atoms with Gasteiger partial charge in [0.1, 0.15) is 5.69 Å². The second-order valence-corrected chi connectivity index (χ2v) is 6.10. The molecule has 1 fully saturated rings. The molecule has 0 bridgehead atoms. The van der Waals surface area contributed by atoms with E-state index in [4.69, 9.17) is 5.73 Å². The molecule has 2 N–H and O–H groups in total. The summed E-state index contributed by atoms with van der Waals surface area (Å²) in [5, 5.41) is 11.2. The first kappa shape index (κ1) is 19.5. The number of halogens is 1. The van der Waals surface area contributed by atoms with Crippen molar-refractivity contribution >= 4 is 35.4 Å². The van der Waals surface area contributed by atoms with Crippen LogP contribution in [-0.2, 0) is 0 Å². The molecule has 0 saturated carbocycles. The minimum atomic E-state index is -0.372. The van der Waals surface area contributed by atoms with Crippen molar-refractivity contribution < 1.29 is 9.72 Å². The zero-order valence-corrected chi connectivity index (χ0v) is 15.2. The fraction of sp³-hybridized carbons (Fsp3) is 0.278. The van der Waals surface area contributed by atoms with Gasteiger partial charge in [-0.2, -0.15) is 0 Å². The van der Waals surface area contributed by atoms with Gasteiger partial charge in [0.2, 0.25) is 0 Å². The van der Waals surface area contributed by atoms with Gasteiger partial charge in [0.25, 0.3) is 11.6 Å². The maximum atomic E-state index is 12.7. The van der Waals surface area contributed by atoms with Crippen LogP contribution in [0.2, 0.25) is 0 Å². The van der Waals surface area contributed by atoms with Crippen LogP contribution in [0.25, 0.3) is 0 Å². The van der Waals surface area contributed by atoms with Crippen molar-refractivity contribution in [2.24, 2.45) is 0 Å². The highest BCUT2D eigenvalue weighted by Crippen LogP contribution is 2.28.